The van der Waals surface area contributed by atoms with Gasteiger partial charge in [-0.3, -0.25) is 0 Å². The first-order valence-corrected chi connectivity index (χ1v) is 6.92. The van der Waals surface area contributed by atoms with E-state index >= 15 is 0 Å². The van der Waals surface area contributed by atoms with Gasteiger partial charge in [0.1, 0.15) is 0 Å². The number of unbranched alkanes of at least 4 members (excludes halogenated alkanes) is 1. The van der Waals surface area contributed by atoms with Crippen LogP contribution in [-0.2, 0) is 0 Å². The molecule has 0 aromatic heterocycles. The van der Waals surface area contributed by atoms with Crippen LogP contribution in [0.15, 0.2) is 0 Å². The van der Waals surface area contributed by atoms with Crippen molar-refractivity contribution in [2.24, 2.45) is 5.92 Å². The van der Waals surface area contributed by atoms with Crippen LogP contribution in [0.3, 0.4) is 0 Å². The van der Waals surface area contributed by atoms with Gasteiger partial charge in [0, 0.05) is 19.1 Å². The summed E-state index contributed by atoms with van der Waals surface area (Å²) in [4.78, 5) is 2.11. The molecule has 2 unspecified atom stereocenters. The Morgan fingerprint density at radius 3 is 2.33 bits per heavy atom. The Hall–Kier alpha value is -0.290. The van der Waals surface area contributed by atoms with Crippen molar-refractivity contribution in [3.8, 4) is 0 Å². The molecule has 1 N–H and O–H groups in total. The predicted molar refractivity (Wildman–Crippen MR) is 69.7 cm³/mol. The fourth-order valence-corrected chi connectivity index (χ4v) is 2.10. The molecule has 0 aromatic carbocycles. The lowest BCUT2D eigenvalue weighted by Crippen LogP contribution is -2.35. The molecule has 110 valence electrons. The van der Waals surface area contributed by atoms with Crippen LogP contribution in [0, 0.1) is 5.92 Å². The minimum atomic E-state index is -4.04. The lowest BCUT2D eigenvalue weighted by molar-refractivity contribution is -0.169. The highest BCUT2D eigenvalue weighted by molar-refractivity contribution is 4.86. The molecule has 0 bridgehead atoms. The van der Waals surface area contributed by atoms with Gasteiger partial charge in [-0.2, -0.15) is 13.2 Å². The molecule has 5 heteroatoms. The van der Waals surface area contributed by atoms with Crippen molar-refractivity contribution in [3.05, 3.63) is 0 Å². The lowest BCUT2D eigenvalue weighted by Gasteiger charge is -2.21. The fourth-order valence-electron chi connectivity index (χ4n) is 2.10. The molecule has 2 nitrogen and oxygen atoms in total. The SMILES string of the molecule is CC.CCCCN(C)CC1CC(C(F)(F)F)CN1. The molecule has 1 heterocycles. The molecule has 0 amide bonds. The van der Waals surface area contributed by atoms with Crippen molar-refractivity contribution in [2.45, 2.75) is 52.3 Å². The van der Waals surface area contributed by atoms with Crippen molar-refractivity contribution in [1.29, 1.82) is 0 Å². The first-order valence-electron chi connectivity index (χ1n) is 6.92. The summed E-state index contributed by atoms with van der Waals surface area (Å²) in [5.74, 6) is -1.16. The number of alkyl halides is 3. The maximum absolute atomic E-state index is 12.4. The quantitative estimate of drug-likeness (QED) is 0.823. The van der Waals surface area contributed by atoms with Crippen molar-refractivity contribution >= 4 is 0 Å². The zero-order valence-corrected chi connectivity index (χ0v) is 12.0. The van der Waals surface area contributed by atoms with Gasteiger partial charge >= 0.3 is 6.18 Å². The zero-order valence-electron chi connectivity index (χ0n) is 12.0. The molecule has 0 saturated carbocycles. The van der Waals surface area contributed by atoms with E-state index in [0.717, 1.165) is 19.4 Å². The smallest absolute Gasteiger partial charge is 0.312 e. The Balaban J connectivity index is 0.00000137. The highest BCUT2D eigenvalue weighted by Crippen LogP contribution is 2.32. The first kappa shape index (κ1) is 17.7. The molecule has 1 aliphatic rings. The van der Waals surface area contributed by atoms with Crippen LogP contribution in [0.4, 0.5) is 13.2 Å². The van der Waals surface area contributed by atoms with Crippen LogP contribution in [0.5, 0.6) is 0 Å². The van der Waals surface area contributed by atoms with Crippen molar-refractivity contribution in [3.63, 3.8) is 0 Å². The Kier molecular flexibility index (Phi) is 8.61. The Morgan fingerprint density at radius 2 is 1.89 bits per heavy atom. The third kappa shape index (κ3) is 6.59. The first-order chi connectivity index (χ1) is 8.43. The van der Waals surface area contributed by atoms with Gasteiger partial charge in [-0.05, 0) is 26.4 Å². The van der Waals surface area contributed by atoms with E-state index in [-0.39, 0.29) is 19.0 Å². The highest BCUT2D eigenvalue weighted by atomic mass is 19.4. The second-order valence-corrected chi connectivity index (χ2v) is 4.70. The molecular weight excluding hydrogens is 241 g/mol. The average molecular weight is 268 g/mol. The largest absolute Gasteiger partial charge is 0.393 e. The predicted octanol–water partition coefficient (Wildman–Crippen LogP) is 3.28. The molecule has 18 heavy (non-hydrogen) atoms. The Bertz CT molecular complexity index is 207. The number of hydrogen-bond donors (Lipinski definition) is 1. The van der Waals surface area contributed by atoms with Gasteiger partial charge in [0.05, 0.1) is 5.92 Å². The number of likely N-dealkylation sites (N-methyl/N-ethyl adjacent to an activating group) is 1. The zero-order chi connectivity index (χ0) is 14.2. The molecule has 1 aliphatic heterocycles. The van der Waals surface area contributed by atoms with Crippen LogP contribution in [0.2, 0.25) is 0 Å². The Morgan fingerprint density at radius 1 is 1.28 bits per heavy atom. The summed E-state index contributed by atoms with van der Waals surface area (Å²) in [6.45, 7) is 7.87. The molecule has 2 atom stereocenters. The van der Waals surface area contributed by atoms with E-state index in [4.69, 9.17) is 0 Å². The van der Waals surface area contributed by atoms with E-state index in [1.54, 1.807) is 0 Å². The van der Waals surface area contributed by atoms with Crippen LogP contribution < -0.4 is 5.32 Å². The normalized spacial score (nSPS) is 24.0. The van der Waals surface area contributed by atoms with E-state index in [0.29, 0.717) is 6.54 Å². The van der Waals surface area contributed by atoms with Gasteiger partial charge in [0.15, 0.2) is 0 Å². The molecular formula is C13H27F3N2. The van der Waals surface area contributed by atoms with Crippen molar-refractivity contribution in [2.75, 3.05) is 26.7 Å². The second kappa shape index (κ2) is 8.75. The summed E-state index contributed by atoms with van der Waals surface area (Å²) in [7, 11) is 1.97. The topological polar surface area (TPSA) is 15.3 Å². The summed E-state index contributed by atoms with van der Waals surface area (Å²) in [6.07, 6.45) is -1.59. The maximum atomic E-state index is 12.4. The van der Waals surface area contributed by atoms with Gasteiger partial charge in [0.25, 0.3) is 0 Å². The van der Waals surface area contributed by atoms with Gasteiger partial charge in [-0.15, -0.1) is 0 Å². The monoisotopic (exact) mass is 268 g/mol. The van der Waals surface area contributed by atoms with Crippen molar-refractivity contribution in [1.82, 2.24) is 10.2 Å². The van der Waals surface area contributed by atoms with Gasteiger partial charge in [-0.1, -0.05) is 27.2 Å². The van der Waals surface area contributed by atoms with E-state index in [1.807, 2.05) is 20.9 Å². The third-order valence-electron chi connectivity index (χ3n) is 3.11. The minimum Gasteiger partial charge on any atom is -0.312 e. The summed E-state index contributed by atoms with van der Waals surface area (Å²) in [5, 5.41) is 2.96. The Labute approximate surface area is 109 Å². The minimum absolute atomic E-state index is 0.00604. The van der Waals surface area contributed by atoms with E-state index in [1.165, 1.54) is 0 Å². The summed E-state index contributed by atoms with van der Waals surface area (Å²) in [5.41, 5.74) is 0. The number of halogens is 3. The number of nitrogens with zero attached hydrogens (tertiary/aromatic N) is 1. The fraction of sp³-hybridized carbons (Fsp3) is 1.00. The maximum Gasteiger partial charge on any atom is 0.393 e. The van der Waals surface area contributed by atoms with E-state index < -0.39 is 12.1 Å². The standard InChI is InChI=1S/C11H21F3N2.C2H6/c1-3-4-5-16(2)8-10-6-9(7-15-10)11(12,13)14;1-2/h9-10,15H,3-8H2,1-2H3;1-2H3. The van der Waals surface area contributed by atoms with Crippen LogP contribution in [0.25, 0.3) is 0 Å². The van der Waals surface area contributed by atoms with Gasteiger partial charge in [0.2, 0.25) is 0 Å². The summed E-state index contributed by atoms with van der Waals surface area (Å²) in [6, 6.07) is -0.00604. The molecule has 0 aliphatic carbocycles. The molecule has 1 rings (SSSR count). The molecule has 1 fully saturated rings. The average Bonchev–Trinajstić information content (AvgIpc) is 2.77. The van der Waals surface area contributed by atoms with Gasteiger partial charge < -0.3 is 10.2 Å². The van der Waals surface area contributed by atoms with Crippen LogP contribution in [0.1, 0.15) is 40.0 Å². The number of hydrogen-bond acceptors (Lipinski definition) is 2. The highest BCUT2D eigenvalue weighted by Gasteiger charge is 2.43. The molecule has 0 spiro atoms. The van der Waals surface area contributed by atoms with Gasteiger partial charge in [-0.25, -0.2) is 0 Å². The third-order valence-corrected chi connectivity index (χ3v) is 3.11. The van der Waals surface area contributed by atoms with E-state index in [9.17, 15) is 13.2 Å². The lowest BCUT2D eigenvalue weighted by atomic mass is 10.1. The molecule has 0 radical (unpaired) electrons. The molecule has 1 saturated heterocycles. The van der Waals surface area contributed by atoms with E-state index in [2.05, 4.69) is 17.1 Å². The summed E-state index contributed by atoms with van der Waals surface area (Å²) < 4.78 is 37.3. The summed E-state index contributed by atoms with van der Waals surface area (Å²) >= 11 is 0. The van der Waals surface area contributed by atoms with Crippen LogP contribution in [-0.4, -0.2) is 43.8 Å². The van der Waals surface area contributed by atoms with Crippen molar-refractivity contribution < 1.29 is 13.2 Å². The molecule has 0 aromatic rings. The second-order valence-electron chi connectivity index (χ2n) is 4.70. The van der Waals surface area contributed by atoms with Crippen LogP contribution >= 0.6 is 0 Å². The number of nitrogens with one attached hydrogen (secondary N) is 1. The number of rotatable bonds is 5.